The van der Waals surface area contributed by atoms with Crippen LogP contribution in [0.3, 0.4) is 0 Å². The van der Waals surface area contributed by atoms with Gasteiger partial charge in [-0.3, -0.25) is 4.79 Å². The minimum Gasteiger partial charge on any atom is -0.494 e. The Bertz CT molecular complexity index is 611. The summed E-state index contributed by atoms with van der Waals surface area (Å²) in [6, 6.07) is 15.6. The van der Waals surface area contributed by atoms with E-state index in [2.05, 4.69) is 40.3 Å². The van der Waals surface area contributed by atoms with E-state index in [1.54, 1.807) is 0 Å². The van der Waals surface area contributed by atoms with Crippen molar-refractivity contribution in [1.82, 2.24) is 0 Å². The SMILES string of the molecule is CCc1ccc(OCCCC(=O)Nc2cccc(Br)c2)cc1. The number of anilines is 1. The van der Waals surface area contributed by atoms with E-state index in [0.29, 0.717) is 19.4 Å². The first-order chi connectivity index (χ1) is 10.7. The van der Waals surface area contributed by atoms with Crippen LogP contribution in [-0.2, 0) is 11.2 Å². The Balaban J connectivity index is 1.68. The molecule has 2 aromatic rings. The second-order valence-electron chi connectivity index (χ2n) is 5.01. The lowest BCUT2D eigenvalue weighted by Gasteiger charge is -2.08. The van der Waals surface area contributed by atoms with Gasteiger partial charge < -0.3 is 10.1 Å². The molecule has 0 saturated heterocycles. The van der Waals surface area contributed by atoms with Crippen molar-refractivity contribution in [2.24, 2.45) is 0 Å². The van der Waals surface area contributed by atoms with E-state index in [0.717, 1.165) is 22.3 Å². The lowest BCUT2D eigenvalue weighted by Crippen LogP contribution is -2.12. The highest BCUT2D eigenvalue weighted by Crippen LogP contribution is 2.16. The first-order valence-electron chi connectivity index (χ1n) is 7.44. The molecule has 0 aliphatic heterocycles. The molecule has 1 amide bonds. The maximum atomic E-state index is 11.8. The van der Waals surface area contributed by atoms with Gasteiger partial charge in [-0.15, -0.1) is 0 Å². The molecule has 2 aromatic carbocycles. The number of carbonyl (C=O) groups excluding carboxylic acids is 1. The van der Waals surface area contributed by atoms with Crippen LogP contribution >= 0.6 is 15.9 Å². The van der Waals surface area contributed by atoms with Crippen LogP contribution in [0.15, 0.2) is 53.0 Å². The zero-order chi connectivity index (χ0) is 15.8. The standard InChI is InChI=1S/C18H20BrNO2/c1-2-14-8-10-17(11-9-14)22-12-4-7-18(21)20-16-6-3-5-15(19)13-16/h3,5-6,8-11,13H,2,4,7,12H2,1H3,(H,20,21). The molecule has 0 aliphatic rings. The van der Waals surface area contributed by atoms with Crippen molar-refractivity contribution in [2.45, 2.75) is 26.2 Å². The largest absolute Gasteiger partial charge is 0.494 e. The summed E-state index contributed by atoms with van der Waals surface area (Å²) < 4.78 is 6.59. The van der Waals surface area contributed by atoms with Crippen LogP contribution < -0.4 is 10.1 Å². The molecule has 116 valence electrons. The molecule has 0 unspecified atom stereocenters. The summed E-state index contributed by atoms with van der Waals surface area (Å²) in [6.07, 6.45) is 2.16. The number of nitrogens with one attached hydrogen (secondary N) is 1. The average molecular weight is 362 g/mol. The third-order valence-corrected chi connectivity index (χ3v) is 3.75. The fourth-order valence-corrected chi connectivity index (χ4v) is 2.43. The van der Waals surface area contributed by atoms with Gasteiger partial charge in [0.15, 0.2) is 0 Å². The van der Waals surface area contributed by atoms with Crippen LogP contribution in [0, 0.1) is 0 Å². The van der Waals surface area contributed by atoms with Gasteiger partial charge in [0.25, 0.3) is 0 Å². The van der Waals surface area contributed by atoms with E-state index >= 15 is 0 Å². The van der Waals surface area contributed by atoms with Gasteiger partial charge in [-0.2, -0.15) is 0 Å². The summed E-state index contributed by atoms with van der Waals surface area (Å²) in [4.78, 5) is 11.8. The zero-order valence-corrected chi connectivity index (χ0v) is 14.2. The number of benzene rings is 2. The van der Waals surface area contributed by atoms with E-state index in [9.17, 15) is 4.79 Å². The van der Waals surface area contributed by atoms with Crippen molar-refractivity contribution in [2.75, 3.05) is 11.9 Å². The molecule has 0 saturated carbocycles. The zero-order valence-electron chi connectivity index (χ0n) is 12.6. The molecule has 0 aromatic heterocycles. The Morgan fingerprint density at radius 2 is 1.95 bits per heavy atom. The third kappa shape index (κ3) is 5.53. The second kappa shape index (κ2) is 8.59. The van der Waals surface area contributed by atoms with Gasteiger partial charge in [-0.05, 0) is 48.7 Å². The summed E-state index contributed by atoms with van der Waals surface area (Å²) in [5.74, 6) is 0.854. The number of hydrogen-bond donors (Lipinski definition) is 1. The van der Waals surface area contributed by atoms with Crippen molar-refractivity contribution in [3.63, 3.8) is 0 Å². The van der Waals surface area contributed by atoms with E-state index in [4.69, 9.17) is 4.74 Å². The molecule has 0 radical (unpaired) electrons. The fourth-order valence-electron chi connectivity index (χ4n) is 2.03. The van der Waals surface area contributed by atoms with Crippen molar-refractivity contribution in [3.8, 4) is 5.75 Å². The molecule has 0 bridgehead atoms. The van der Waals surface area contributed by atoms with Crippen molar-refractivity contribution in [1.29, 1.82) is 0 Å². The van der Waals surface area contributed by atoms with Crippen LogP contribution in [0.1, 0.15) is 25.3 Å². The van der Waals surface area contributed by atoms with E-state index in [1.165, 1.54) is 5.56 Å². The van der Waals surface area contributed by atoms with Gasteiger partial charge in [0.05, 0.1) is 6.61 Å². The quantitative estimate of drug-likeness (QED) is 0.718. The van der Waals surface area contributed by atoms with Crippen LogP contribution in [-0.4, -0.2) is 12.5 Å². The number of ether oxygens (including phenoxy) is 1. The third-order valence-electron chi connectivity index (χ3n) is 3.26. The Kier molecular flexibility index (Phi) is 6.46. The van der Waals surface area contributed by atoms with E-state index < -0.39 is 0 Å². The Hall–Kier alpha value is -1.81. The molecule has 4 heteroatoms. The van der Waals surface area contributed by atoms with Crippen LogP contribution in [0.4, 0.5) is 5.69 Å². The normalized spacial score (nSPS) is 10.3. The second-order valence-corrected chi connectivity index (χ2v) is 5.92. The van der Waals surface area contributed by atoms with Crippen molar-refractivity contribution in [3.05, 3.63) is 58.6 Å². The predicted octanol–water partition coefficient (Wildman–Crippen LogP) is 4.81. The number of halogens is 1. The maximum Gasteiger partial charge on any atom is 0.224 e. The summed E-state index contributed by atoms with van der Waals surface area (Å²) in [5.41, 5.74) is 2.09. The molecule has 3 nitrogen and oxygen atoms in total. The summed E-state index contributed by atoms with van der Waals surface area (Å²) in [5, 5.41) is 2.87. The molecule has 0 heterocycles. The van der Waals surface area contributed by atoms with Crippen LogP contribution in [0.25, 0.3) is 0 Å². The average Bonchev–Trinajstić information content (AvgIpc) is 2.52. The molecule has 0 aliphatic carbocycles. The lowest BCUT2D eigenvalue weighted by atomic mass is 10.2. The van der Waals surface area contributed by atoms with Crippen LogP contribution in [0.2, 0.25) is 0 Å². The molecule has 22 heavy (non-hydrogen) atoms. The molecule has 0 atom stereocenters. The first-order valence-corrected chi connectivity index (χ1v) is 8.24. The Morgan fingerprint density at radius 3 is 2.64 bits per heavy atom. The fraction of sp³-hybridized carbons (Fsp3) is 0.278. The summed E-state index contributed by atoms with van der Waals surface area (Å²) in [6.45, 7) is 2.66. The first kappa shape index (κ1) is 16.6. The Labute approximate surface area is 139 Å². The topological polar surface area (TPSA) is 38.3 Å². The van der Waals surface area contributed by atoms with Crippen molar-refractivity contribution < 1.29 is 9.53 Å². The van der Waals surface area contributed by atoms with Crippen molar-refractivity contribution >= 4 is 27.5 Å². The number of aryl methyl sites for hydroxylation is 1. The summed E-state index contributed by atoms with van der Waals surface area (Å²) in [7, 11) is 0. The van der Waals surface area contributed by atoms with Crippen LogP contribution in [0.5, 0.6) is 5.75 Å². The molecular weight excluding hydrogens is 342 g/mol. The number of carbonyl (C=O) groups is 1. The molecule has 0 spiro atoms. The van der Waals surface area contributed by atoms with E-state index in [-0.39, 0.29) is 5.91 Å². The minimum atomic E-state index is 0.00281. The number of amides is 1. The molecule has 0 fully saturated rings. The van der Waals surface area contributed by atoms with Gasteiger partial charge in [0.1, 0.15) is 5.75 Å². The number of rotatable bonds is 7. The van der Waals surface area contributed by atoms with Gasteiger partial charge in [0.2, 0.25) is 5.91 Å². The minimum absolute atomic E-state index is 0.00281. The molecule has 1 N–H and O–H groups in total. The van der Waals surface area contributed by atoms with E-state index in [1.807, 2.05) is 36.4 Å². The van der Waals surface area contributed by atoms with Gasteiger partial charge in [-0.25, -0.2) is 0 Å². The summed E-state index contributed by atoms with van der Waals surface area (Å²) >= 11 is 3.38. The highest BCUT2D eigenvalue weighted by molar-refractivity contribution is 9.10. The lowest BCUT2D eigenvalue weighted by molar-refractivity contribution is -0.116. The van der Waals surface area contributed by atoms with Gasteiger partial charge in [0, 0.05) is 16.6 Å². The highest BCUT2D eigenvalue weighted by Gasteiger charge is 2.03. The van der Waals surface area contributed by atoms with Gasteiger partial charge >= 0.3 is 0 Å². The van der Waals surface area contributed by atoms with Gasteiger partial charge in [-0.1, -0.05) is 41.1 Å². The molecular formula is C18H20BrNO2. The maximum absolute atomic E-state index is 11.8. The predicted molar refractivity (Wildman–Crippen MR) is 93.3 cm³/mol. The number of hydrogen-bond acceptors (Lipinski definition) is 2. The smallest absolute Gasteiger partial charge is 0.224 e. The molecule has 2 rings (SSSR count). The monoisotopic (exact) mass is 361 g/mol. The Morgan fingerprint density at radius 1 is 1.18 bits per heavy atom. The highest BCUT2D eigenvalue weighted by atomic mass is 79.9.